The lowest BCUT2D eigenvalue weighted by atomic mass is 10.0. The Morgan fingerprint density at radius 2 is 2.33 bits per heavy atom. The Bertz CT molecular complexity index is 323. The van der Waals surface area contributed by atoms with Gasteiger partial charge in [-0.15, -0.1) is 0 Å². The molecule has 0 spiro atoms. The lowest BCUT2D eigenvalue weighted by molar-refractivity contribution is 0.0903. The molecular formula is C9H12N2O. The van der Waals surface area contributed by atoms with Gasteiger partial charge in [0.1, 0.15) is 5.69 Å². The Morgan fingerprint density at radius 1 is 1.67 bits per heavy atom. The van der Waals surface area contributed by atoms with Crippen LogP contribution in [0, 0.1) is 5.41 Å². The van der Waals surface area contributed by atoms with E-state index in [-0.39, 0.29) is 11.2 Å². The number of nitrogens with zero attached hydrogens (tertiary/aromatic N) is 2. The molecule has 0 N–H and O–H groups in total. The average Bonchev–Trinajstić information content (AvgIpc) is 2.63. The number of hydrogen-bond donors (Lipinski definition) is 0. The van der Waals surface area contributed by atoms with Gasteiger partial charge in [0.05, 0.1) is 0 Å². The van der Waals surface area contributed by atoms with Crippen LogP contribution in [0.3, 0.4) is 0 Å². The summed E-state index contributed by atoms with van der Waals surface area (Å²) in [5, 5.41) is 3.97. The van der Waals surface area contributed by atoms with Crippen molar-refractivity contribution < 1.29 is 4.79 Å². The summed E-state index contributed by atoms with van der Waals surface area (Å²) in [5.74, 6) is 0.238. The second-order valence-electron chi connectivity index (χ2n) is 3.73. The first-order chi connectivity index (χ1) is 5.63. The van der Waals surface area contributed by atoms with Gasteiger partial charge >= 0.3 is 0 Å². The van der Waals surface area contributed by atoms with E-state index in [0.29, 0.717) is 0 Å². The van der Waals surface area contributed by atoms with Gasteiger partial charge in [0.2, 0.25) is 0 Å². The Morgan fingerprint density at radius 3 is 2.75 bits per heavy atom. The molecule has 0 radical (unpaired) electrons. The van der Waals surface area contributed by atoms with E-state index >= 15 is 0 Å². The van der Waals surface area contributed by atoms with E-state index in [1.54, 1.807) is 24.0 Å². The SMILES string of the molecule is Cn1nccc1C(=O)C1(C)CC1. The second kappa shape index (κ2) is 2.19. The van der Waals surface area contributed by atoms with Gasteiger partial charge < -0.3 is 0 Å². The normalized spacial score (nSPS) is 19.2. The Hall–Kier alpha value is -1.12. The molecule has 1 aromatic heterocycles. The van der Waals surface area contributed by atoms with Crippen LogP contribution in [0.2, 0.25) is 0 Å². The van der Waals surface area contributed by atoms with E-state index in [1.165, 1.54) is 0 Å². The molecule has 3 nitrogen and oxygen atoms in total. The summed E-state index contributed by atoms with van der Waals surface area (Å²) in [4.78, 5) is 11.7. The van der Waals surface area contributed by atoms with E-state index < -0.39 is 0 Å². The predicted octanol–water partition coefficient (Wildman–Crippen LogP) is 1.40. The highest BCUT2D eigenvalue weighted by Gasteiger charge is 2.45. The first-order valence-corrected chi connectivity index (χ1v) is 4.16. The first-order valence-electron chi connectivity index (χ1n) is 4.16. The topological polar surface area (TPSA) is 34.9 Å². The zero-order chi connectivity index (χ0) is 8.77. The van der Waals surface area contributed by atoms with Gasteiger partial charge in [0.15, 0.2) is 5.78 Å². The fraction of sp³-hybridized carbons (Fsp3) is 0.556. The number of aromatic nitrogens is 2. The summed E-state index contributed by atoms with van der Waals surface area (Å²) >= 11 is 0. The van der Waals surface area contributed by atoms with Crippen molar-refractivity contribution >= 4 is 5.78 Å². The van der Waals surface area contributed by atoms with Gasteiger partial charge in [-0.25, -0.2) is 0 Å². The number of rotatable bonds is 2. The average molecular weight is 164 g/mol. The molecule has 3 heteroatoms. The quantitative estimate of drug-likeness (QED) is 0.619. The minimum Gasteiger partial charge on any atom is -0.292 e. The number of ketones is 1. The molecule has 0 amide bonds. The van der Waals surface area contributed by atoms with E-state index in [9.17, 15) is 4.79 Å². The highest BCUT2D eigenvalue weighted by Crippen LogP contribution is 2.47. The molecule has 0 aliphatic heterocycles. The number of hydrogen-bond acceptors (Lipinski definition) is 2. The van der Waals surface area contributed by atoms with Gasteiger partial charge in [-0.2, -0.15) is 5.10 Å². The molecule has 12 heavy (non-hydrogen) atoms. The van der Waals surface area contributed by atoms with Crippen LogP contribution in [0.25, 0.3) is 0 Å². The lowest BCUT2D eigenvalue weighted by Gasteiger charge is -2.05. The molecule has 2 rings (SSSR count). The summed E-state index contributed by atoms with van der Waals surface area (Å²) in [6.45, 7) is 2.02. The molecule has 0 bridgehead atoms. The molecule has 1 fully saturated rings. The van der Waals surface area contributed by atoms with Crippen LogP contribution in [0.5, 0.6) is 0 Å². The van der Waals surface area contributed by atoms with Crippen molar-refractivity contribution in [1.29, 1.82) is 0 Å². The van der Waals surface area contributed by atoms with Crippen LogP contribution in [-0.2, 0) is 7.05 Å². The fourth-order valence-electron chi connectivity index (χ4n) is 1.32. The van der Waals surface area contributed by atoms with Crippen LogP contribution in [0.4, 0.5) is 0 Å². The third kappa shape index (κ3) is 0.967. The smallest absolute Gasteiger partial charge is 0.186 e. The Labute approximate surface area is 71.4 Å². The molecule has 0 aromatic carbocycles. The zero-order valence-corrected chi connectivity index (χ0v) is 7.37. The van der Waals surface area contributed by atoms with Crippen LogP contribution in [-0.4, -0.2) is 15.6 Å². The lowest BCUT2D eigenvalue weighted by Crippen LogP contribution is -2.15. The summed E-state index contributed by atoms with van der Waals surface area (Å²) < 4.78 is 1.64. The number of carbonyl (C=O) groups excluding carboxylic acids is 1. The zero-order valence-electron chi connectivity index (χ0n) is 7.37. The summed E-state index contributed by atoms with van der Waals surface area (Å²) in [6, 6.07) is 1.78. The number of Topliss-reactive ketones (excluding diaryl/α,β-unsaturated/α-hetero) is 1. The molecule has 1 aliphatic rings. The van der Waals surface area contributed by atoms with Gasteiger partial charge in [-0.1, -0.05) is 6.92 Å². The van der Waals surface area contributed by atoms with Gasteiger partial charge in [0.25, 0.3) is 0 Å². The van der Waals surface area contributed by atoms with Crippen molar-refractivity contribution in [2.75, 3.05) is 0 Å². The Kier molecular flexibility index (Phi) is 1.37. The van der Waals surface area contributed by atoms with Crippen LogP contribution in [0.1, 0.15) is 30.3 Å². The van der Waals surface area contributed by atoms with Crippen LogP contribution < -0.4 is 0 Å². The standard InChI is InChI=1S/C9H12N2O/c1-9(4-5-9)8(12)7-3-6-10-11(7)2/h3,6H,4-5H2,1-2H3. The molecule has 1 saturated carbocycles. The first kappa shape index (κ1) is 7.53. The monoisotopic (exact) mass is 164 g/mol. The molecule has 0 atom stereocenters. The minimum atomic E-state index is -0.0756. The van der Waals surface area contributed by atoms with E-state index in [2.05, 4.69) is 5.10 Å². The second-order valence-corrected chi connectivity index (χ2v) is 3.73. The fourth-order valence-corrected chi connectivity index (χ4v) is 1.32. The predicted molar refractivity (Wildman–Crippen MR) is 44.9 cm³/mol. The van der Waals surface area contributed by atoms with E-state index in [1.807, 2.05) is 6.92 Å². The van der Waals surface area contributed by atoms with Crippen molar-refractivity contribution in [2.24, 2.45) is 12.5 Å². The van der Waals surface area contributed by atoms with E-state index in [4.69, 9.17) is 0 Å². The number of aryl methyl sites for hydroxylation is 1. The Balaban J connectivity index is 2.31. The molecule has 1 heterocycles. The van der Waals surface area contributed by atoms with Gasteiger partial charge in [-0.05, 0) is 18.9 Å². The van der Waals surface area contributed by atoms with Crippen molar-refractivity contribution in [2.45, 2.75) is 19.8 Å². The maximum Gasteiger partial charge on any atom is 0.186 e. The largest absolute Gasteiger partial charge is 0.292 e. The van der Waals surface area contributed by atoms with Crippen LogP contribution >= 0.6 is 0 Å². The highest BCUT2D eigenvalue weighted by atomic mass is 16.1. The third-order valence-electron chi connectivity index (χ3n) is 2.60. The van der Waals surface area contributed by atoms with E-state index in [0.717, 1.165) is 18.5 Å². The number of carbonyl (C=O) groups is 1. The van der Waals surface area contributed by atoms with Gasteiger partial charge in [-0.3, -0.25) is 9.48 Å². The van der Waals surface area contributed by atoms with Crippen LogP contribution in [0.15, 0.2) is 12.3 Å². The summed E-state index contributed by atoms with van der Waals surface area (Å²) in [7, 11) is 1.80. The summed E-state index contributed by atoms with van der Waals surface area (Å²) in [6.07, 6.45) is 3.72. The van der Waals surface area contributed by atoms with Crippen molar-refractivity contribution in [3.63, 3.8) is 0 Å². The highest BCUT2D eigenvalue weighted by molar-refractivity contribution is 6.00. The maximum atomic E-state index is 11.7. The molecule has 1 aromatic rings. The van der Waals surface area contributed by atoms with Crippen molar-refractivity contribution in [3.05, 3.63) is 18.0 Å². The minimum absolute atomic E-state index is 0.0756. The third-order valence-corrected chi connectivity index (χ3v) is 2.60. The molecule has 1 aliphatic carbocycles. The molecule has 0 saturated heterocycles. The maximum absolute atomic E-state index is 11.7. The molecule has 0 unspecified atom stereocenters. The molecular weight excluding hydrogens is 152 g/mol. The molecule has 64 valence electrons. The van der Waals surface area contributed by atoms with Crippen molar-refractivity contribution in [1.82, 2.24) is 9.78 Å². The van der Waals surface area contributed by atoms with Crippen molar-refractivity contribution in [3.8, 4) is 0 Å². The van der Waals surface area contributed by atoms with Gasteiger partial charge in [0, 0.05) is 18.7 Å². The summed E-state index contributed by atoms with van der Waals surface area (Å²) in [5.41, 5.74) is 0.656.